The molecule has 0 rings (SSSR count). The molecule has 0 aliphatic rings. The lowest BCUT2D eigenvalue weighted by Crippen LogP contribution is -2.23. The first kappa shape index (κ1) is 20.3. The molecule has 0 unspecified atom stereocenters. The third-order valence-electron chi connectivity index (χ3n) is 2.35. The van der Waals surface area contributed by atoms with Gasteiger partial charge < -0.3 is 9.05 Å². The highest BCUT2D eigenvalue weighted by atomic mass is 31.2. The molecule has 0 bridgehead atoms. The minimum absolute atomic E-state index is 0.134. The molecule has 0 fully saturated rings. The monoisotopic (exact) mass is 331 g/mol. The minimum Gasteiger partial charge on any atom is -0.309 e. The molecule has 0 aromatic carbocycles. The molecule has 0 aliphatic heterocycles. The molecular formula is C11H27NO6P2. The Bertz CT molecular complexity index is 332. The molecule has 0 atom stereocenters. The molecule has 20 heavy (non-hydrogen) atoms. The zero-order valence-electron chi connectivity index (χ0n) is 13.0. The van der Waals surface area contributed by atoms with E-state index < -0.39 is 15.3 Å². The Hall–Kier alpha value is 0.260. The lowest BCUT2D eigenvalue weighted by molar-refractivity contribution is 0.176. The topological polar surface area (TPSA) is 74.3 Å². The fourth-order valence-electron chi connectivity index (χ4n) is 1.51. The van der Waals surface area contributed by atoms with E-state index in [1.54, 1.807) is 34.7 Å². The van der Waals surface area contributed by atoms with Crippen molar-refractivity contribution in [1.82, 2.24) is 4.67 Å². The van der Waals surface area contributed by atoms with Gasteiger partial charge in [-0.3, -0.25) is 13.6 Å². The van der Waals surface area contributed by atoms with Crippen LogP contribution in [0.1, 0.15) is 27.7 Å². The Kier molecular flexibility index (Phi) is 10.2. The van der Waals surface area contributed by atoms with Crippen molar-refractivity contribution < 1.29 is 27.2 Å². The average molecular weight is 331 g/mol. The molecule has 0 aliphatic carbocycles. The summed E-state index contributed by atoms with van der Waals surface area (Å²) in [5, 5.41) is 0. The van der Waals surface area contributed by atoms with Crippen LogP contribution in [0.3, 0.4) is 0 Å². The molecule has 0 aromatic heterocycles. The van der Waals surface area contributed by atoms with Gasteiger partial charge in [0, 0.05) is 6.54 Å². The van der Waals surface area contributed by atoms with Crippen LogP contribution in [0.15, 0.2) is 0 Å². The molecule has 0 heterocycles. The van der Waals surface area contributed by atoms with E-state index in [0.717, 1.165) is 0 Å². The first-order chi connectivity index (χ1) is 9.37. The smallest absolute Gasteiger partial charge is 0.309 e. The molecule has 0 N–H and O–H groups in total. The van der Waals surface area contributed by atoms with E-state index in [9.17, 15) is 9.13 Å². The number of hydrogen-bond acceptors (Lipinski definition) is 6. The van der Waals surface area contributed by atoms with Gasteiger partial charge in [0.25, 0.3) is 0 Å². The highest BCUT2D eigenvalue weighted by Gasteiger charge is 2.32. The minimum atomic E-state index is -3.33. The van der Waals surface area contributed by atoms with Crippen molar-refractivity contribution in [2.24, 2.45) is 0 Å². The van der Waals surface area contributed by atoms with Gasteiger partial charge in [-0.05, 0) is 34.7 Å². The quantitative estimate of drug-likeness (QED) is 0.508. The van der Waals surface area contributed by atoms with Crippen LogP contribution in [0, 0.1) is 0 Å². The third-order valence-corrected chi connectivity index (χ3v) is 6.61. The first-order valence-electron chi connectivity index (χ1n) is 6.86. The van der Waals surface area contributed by atoms with Crippen molar-refractivity contribution in [1.29, 1.82) is 0 Å². The SMILES string of the molecule is CCOP(=O)(CCN(C)P(=O)(OCC)OCC)OCC. The molecule has 9 heteroatoms. The van der Waals surface area contributed by atoms with Crippen LogP contribution in [0.4, 0.5) is 0 Å². The van der Waals surface area contributed by atoms with Crippen molar-refractivity contribution >= 4 is 15.3 Å². The third kappa shape index (κ3) is 6.81. The second-order valence-electron chi connectivity index (χ2n) is 3.86. The van der Waals surface area contributed by atoms with Crippen LogP contribution in [0.25, 0.3) is 0 Å². The Labute approximate surface area is 122 Å². The normalized spacial score (nSPS) is 13.1. The maximum absolute atomic E-state index is 12.5. The molecule has 0 spiro atoms. The van der Waals surface area contributed by atoms with Gasteiger partial charge in [0.05, 0.1) is 32.6 Å². The van der Waals surface area contributed by atoms with E-state index in [4.69, 9.17) is 18.1 Å². The molecule has 0 saturated carbocycles. The lowest BCUT2D eigenvalue weighted by atomic mass is 10.8. The summed E-state index contributed by atoms with van der Waals surface area (Å²) in [7, 11) is -4.88. The van der Waals surface area contributed by atoms with Crippen molar-refractivity contribution in [2.75, 3.05) is 46.2 Å². The first-order valence-corrected chi connectivity index (χ1v) is 10.1. The Morgan fingerprint density at radius 2 is 1.20 bits per heavy atom. The van der Waals surface area contributed by atoms with Crippen molar-refractivity contribution in [3.8, 4) is 0 Å². The van der Waals surface area contributed by atoms with Crippen LogP contribution in [-0.2, 0) is 27.2 Å². The van der Waals surface area contributed by atoms with E-state index >= 15 is 0 Å². The van der Waals surface area contributed by atoms with Crippen molar-refractivity contribution in [3.63, 3.8) is 0 Å². The van der Waals surface area contributed by atoms with E-state index in [1.807, 2.05) is 0 Å². The molecule has 0 saturated heterocycles. The Balaban J connectivity index is 4.67. The summed E-state index contributed by atoms with van der Waals surface area (Å²) in [6, 6.07) is 0. The van der Waals surface area contributed by atoms with Gasteiger partial charge in [-0.2, -0.15) is 0 Å². The van der Waals surface area contributed by atoms with Gasteiger partial charge in [-0.25, -0.2) is 9.24 Å². The summed E-state index contributed by atoms with van der Waals surface area (Å²) >= 11 is 0. The molecule has 0 radical (unpaired) electrons. The Morgan fingerprint density at radius 1 is 0.800 bits per heavy atom. The number of hydrogen-bond donors (Lipinski definition) is 0. The predicted octanol–water partition coefficient (Wildman–Crippen LogP) is 3.37. The second kappa shape index (κ2) is 10.1. The summed E-state index contributed by atoms with van der Waals surface area (Å²) in [5.41, 5.74) is 0. The molecule has 0 aromatic rings. The largest absolute Gasteiger partial charge is 0.407 e. The standard InChI is InChI=1S/C11H27NO6P2/c1-6-15-19(13,16-7-2)11-10-12(5)20(14,17-8-3)18-9-4/h6-11H2,1-5H3. The highest BCUT2D eigenvalue weighted by molar-refractivity contribution is 7.54. The van der Waals surface area contributed by atoms with Crippen LogP contribution >= 0.6 is 15.3 Å². The number of nitrogens with zero attached hydrogens (tertiary/aromatic N) is 1. The summed E-state index contributed by atoms with van der Waals surface area (Å²) in [6.07, 6.45) is 0.134. The fourth-order valence-corrected chi connectivity index (χ4v) is 4.80. The maximum atomic E-state index is 12.5. The average Bonchev–Trinajstić information content (AvgIpc) is 2.37. The summed E-state index contributed by atoms with van der Waals surface area (Å²) in [5.74, 6) is 0. The summed E-state index contributed by atoms with van der Waals surface area (Å²) in [4.78, 5) is 0. The molecule has 7 nitrogen and oxygen atoms in total. The number of rotatable bonds is 12. The summed E-state index contributed by atoms with van der Waals surface area (Å²) in [6.45, 7) is 8.36. The lowest BCUT2D eigenvalue weighted by Gasteiger charge is -2.27. The summed E-state index contributed by atoms with van der Waals surface area (Å²) < 4.78 is 47.0. The van der Waals surface area contributed by atoms with Crippen LogP contribution in [0.2, 0.25) is 0 Å². The van der Waals surface area contributed by atoms with Gasteiger partial charge >= 0.3 is 15.3 Å². The fraction of sp³-hybridized carbons (Fsp3) is 1.00. The van der Waals surface area contributed by atoms with Gasteiger partial charge in [0.15, 0.2) is 0 Å². The maximum Gasteiger partial charge on any atom is 0.407 e. The van der Waals surface area contributed by atoms with Gasteiger partial charge in [-0.15, -0.1) is 0 Å². The van der Waals surface area contributed by atoms with E-state index in [2.05, 4.69) is 0 Å². The van der Waals surface area contributed by atoms with Crippen LogP contribution in [-0.4, -0.2) is 50.9 Å². The zero-order valence-corrected chi connectivity index (χ0v) is 14.8. The van der Waals surface area contributed by atoms with Gasteiger partial charge in [0.2, 0.25) is 0 Å². The van der Waals surface area contributed by atoms with Gasteiger partial charge in [-0.1, -0.05) is 0 Å². The molecule has 122 valence electrons. The van der Waals surface area contributed by atoms with E-state index in [-0.39, 0.29) is 25.9 Å². The molecular weight excluding hydrogens is 304 g/mol. The van der Waals surface area contributed by atoms with Crippen LogP contribution in [0.5, 0.6) is 0 Å². The predicted molar refractivity (Wildman–Crippen MR) is 79.2 cm³/mol. The highest BCUT2D eigenvalue weighted by Crippen LogP contribution is 2.53. The van der Waals surface area contributed by atoms with E-state index in [0.29, 0.717) is 13.2 Å². The zero-order chi connectivity index (χ0) is 15.6. The van der Waals surface area contributed by atoms with Gasteiger partial charge in [0.1, 0.15) is 0 Å². The van der Waals surface area contributed by atoms with Crippen molar-refractivity contribution in [3.05, 3.63) is 0 Å². The molecule has 0 amide bonds. The van der Waals surface area contributed by atoms with Crippen molar-refractivity contribution in [2.45, 2.75) is 27.7 Å². The van der Waals surface area contributed by atoms with E-state index in [1.165, 1.54) is 4.67 Å². The van der Waals surface area contributed by atoms with Crippen LogP contribution < -0.4 is 0 Å². The second-order valence-corrected chi connectivity index (χ2v) is 8.18. The Morgan fingerprint density at radius 3 is 1.55 bits per heavy atom.